The van der Waals surface area contributed by atoms with E-state index in [1.165, 1.54) is 5.56 Å². The maximum atomic E-state index is 10.7. The number of benzene rings is 2. The molecule has 5 nitrogen and oxygen atoms in total. The molecule has 0 unspecified atom stereocenters. The van der Waals surface area contributed by atoms with E-state index >= 15 is 0 Å². The number of fused-ring (bicyclic) bond motifs is 1. The first-order valence-corrected chi connectivity index (χ1v) is 9.04. The lowest BCUT2D eigenvalue weighted by Crippen LogP contribution is -2.41. The van der Waals surface area contributed by atoms with Gasteiger partial charge in [-0.3, -0.25) is 0 Å². The molecule has 3 rings (SSSR count). The zero-order valence-corrected chi connectivity index (χ0v) is 16.1. The Labute approximate surface area is 159 Å². The van der Waals surface area contributed by atoms with Crippen molar-refractivity contribution in [3.8, 4) is 11.5 Å². The van der Waals surface area contributed by atoms with E-state index in [9.17, 15) is 5.11 Å². The lowest BCUT2D eigenvalue weighted by Gasteiger charge is -2.35. The van der Waals surface area contributed by atoms with Gasteiger partial charge in [0.15, 0.2) is 5.11 Å². The summed E-state index contributed by atoms with van der Waals surface area (Å²) >= 11 is 5.57. The molecule has 138 valence electrons. The maximum absolute atomic E-state index is 10.7. The molecule has 0 amide bonds. The van der Waals surface area contributed by atoms with Crippen LogP contribution in [-0.2, 0) is 13.0 Å². The van der Waals surface area contributed by atoms with Crippen LogP contribution in [-0.4, -0.2) is 35.9 Å². The molecule has 2 aromatic rings. The molecule has 0 saturated heterocycles. The summed E-state index contributed by atoms with van der Waals surface area (Å²) in [6, 6.07) is 11.9. The first kappa shape index (κ1) is 18.5. The van der Waals surface area contributed by atoms with E-state index in [0.29, 0.717) is 24.0 Å². The van der Waals surface area contributed by atoms with Gasteiger partial charge in [-0.05, 0) is 48.5 Å². The molecule has 2 aromatic carbocycles. The Bertz CT molecular complexity index is 792. The molecule has 0 aromatic heterocycles. The first-order chi connectivity index (χ1) is 12.6. The normalized spacial score (nSPS) is 16.0. The molecule has 0 fully saturated rings. The van der Waals surface area contributed by atoms with Gasteiger partial charge in [-0.25, -0.2) is 0 Å². The molecule has 1 heterocycles. The summed E-state index contributed by atoms with van der Waals surface area (Å²) in [6.07, 6.45) is 0.299. The molecule has 1 aliphatic rings. The molecule has 6 heteroatoms. The van der Waals surface area contributed by atoms with Crippen LogP contribution in [0, 0.1) is 0 Å². The van der Waals surface area contributed by atoms with Gasteiger partial charge in [0, 0.05) is 23.4 Å². The van der Waals surface area contributed by atoms with Crippen molar-refractivity contribution in [3.05, 3.63) is 53.1 Å². The fraction of sp³-hybridized carbons (Fsp3) is 0.350. The van der Waals surface area contributed by atoms with Crippen molar-refractivity contribution in [1.82, 2.24) is 4.90 Å². The van der Waals surface area contributed by atoms with Gasteiger partial charge in [0.1, 0.15) is 17.6 Å². The van der Waals surface area contributed by atoms with Crippen LogP contribution < -0.4 is 14.8 Å². The van der Waals surface area contributed by atoms with E-state index in [1.807, 2.05) is 29.2 Å². The minimum absolute atomic E-state index is 0.398. The quantitative estimate of drug-likeness (QED) is 0.801. The summed E-state index contributed by atoms with van der Waals surface area (Å²) in [7, 11) is 3.23. The highest BCUT2D eigenvalue weighted by Crippen LogP contribution is 2.39. The predicted molar refractivity (Wildman–Crippen MR) is 107 cm³/mol. The Morgan fingerprint density at radius 3 is 2.42 bits per heavy atom. The summed E-state index contributed by atoms with van der Waals surface area (Å²) in [4.78, 5) is 1.94. The predicted octanol–water partition coefficient (Wildman–Crippen LogP) is 3.51. The summed E-state index contributed by atoms with van der Waals surface area (Å²) in [5.74, 6) is 1.39. The van der Waals surface area contributed by atoms with Crippen LogP contribution >= 0.6 is 12.2 Å². The zero-order chi connectivity index (χ0) is 18.7. The van der Waals surface area contributed by atoms with Crippen LogP contribution in [0.2, 0.25) is 0 Å². The molecule has 0 bridgehead atoms. The molecule has 0 radical (unpaired) electrons. The van der Waals surface area contributed by atoms with Gasteiger partial charge >= 0.3 is 0 Å². The SMILES string of the molecule is CCc1ccc(NC(=S)N2Cc3c(OC)ccc(OC)c3[C@@H](O)C2)cc1. The molecule has 0 aliphatic carbocycles. The summed E-state index contributed by atoms with van der Waals surface area (Å²) < 4.78 is 10.9. The van der Waals surface area contributed by atoms with Crippen molar-refractivity contribution in [2.45, 2.75) is 26.0 Å². The lowest BCUT2D eigenvalue weighted by molar-refractivity contribution is 0.123. The number of nitrogens with zero attached hydrogens (tertiary/aromatic N) is 1. The van der Waals surface area contributed by atoms with Crippen molar-refractivity contribution in [3.63, 3.8) is 0 Å². The maximum Gasteiger partial charge on any atom is 0.173 e. The minimum atomic E-state index is -0.703. The van der Waals surface area contributed by atoms with Gasteiger partial charge in [-0.2, -0.15) is 0 Å². The topological polar surface area (TPSA) is 54.0 Å². The standard InChI is InChI=1S/C20H24N2O3S/c1-4-13-5-7-14(8-6-13)21-20(26)22-11-15-17(24-2)9-10-18(25-3)19(15)16(23)12-22/h5-10,16,23H,4,11-12H2,1-3H3,(H,21,26)/t16-/m0/s1. The molecule has 0 saturated carbocycles. The number of anilines is 1. The van der Waals surface area contributed by atoms with E-state index in [1.54, 1.807) is 14.2 Å². The summed E-state index contributed by atoms with van der Waals surface area (Å²) in [5, 5.41) is 14.5. The Balaban J connectivity index is 1.82. The molecule has 0 spiro atoms. The molecule has 1 atom stereocenters. The number of hydrogen-bond donors (Lipinski definition) is 2. The fourth-order valence-corrected chi connectivity index (χ4v) is 3.51. The van der Waals surface area contributed by atoms with Crippen LogP contribution in [0.4, 0.5) is 5.69 Å². The smallest absolute Gasteiger partial charge is 0.173 e. The van der Waals surface area contributed by atoms with Crippen LogP contribution in [0.5, 0.6) is 11.5 Å². The number of aryl methyl sites for hydroxylation is 1. The van der Waals surface area contributed by atoms with E-state index < -0.39 is 6.10 Å². The van der Waals surface area contributed by atoms with Gasteiger partial charge < -0.3 is 24.8 Å². The third kappa shape index (κ3) is 3.61. The molecular weight excluding hydrogens is 348 g/mol. The van der Waals surface area contributed by atoms with Crippen LogP contribution in [0.25, 0.3) is 0 Å². The average Bonchev–Trinajstić information content (AvgIpc) is 2.67. The highest BCUT2D eigenvalue weighted by Gasteiger charge is 2.30. The van der Waals surface area contributed by atoms with Crippen molar-refractivity contribution >= 4 is 23.0 Å². The van der Waals surface area contributed by atoms with Gasteiger partial charge in [0.2, 0.25) is 0 Å². The van der Waals surface area contributed by atoms with Gasteiger partial charge in [-0.1, -0.05) is 19.1 Å². The molecular formula is C20H24N2O3S. The number of thiocarbonyl (C=S) groups is 1. The number of aliphatic hydroxyl groups is 1. The average molecular weight is 372 g/mol. The Morgan fingerprint density at radius 2 is 1.81 bits per heavy atom. The molecule has 26 heavy (non-hydrogen) atoms. The van der Waals surface area contributed by atoms with Crippen molar-refractivity contribution < 1.29 is 14.6 Å². The van der Waals surface area contributed by atoms with Gasteiger partial charge in [0.05, 0.1) is 20.8 Å². The second-order valence-electron chi connectivity index (χ2n) is 6.24. The fourth-order valence-electron chi connectivity index (χ4n) is 3.26. The number of rotatable bonds is 4. The second kappa shape index (κ2) is 7.93. The number of nitrogens with one attached hydrogen (secondary N) is 1. The van der Waals surface area contributed by atoms with Crippen molar-refractivity contribution in [2.75, 3.05) is 26.1 Å². The van der Waals surface area contributed by atoms with Crippen LogP contribution in [0.3, 0.4) is 0 Å². The first-order valence-electron chi connectivity index (χ1n) is 8.64. The zero-order valence-electron chi connectivity index (χ0n) is 15.3. The highest BCUT2D eigenvalue weighted by atomic mass is 32.1. The monoisotopic (exact) mass is 372 g/mol. The summed E-state index contributed by atoms with van der Waals surface area (Å²) in [5.41, 5.74) is 3.89. The summed E-state index contributed by atoms with van der Waals surface area (Å²) in [6.45, 7) is 3.07. The van der Waals surface area contributed by atoms with E-state index in [-0.39, 0.29) is 0 Å². The number of methoxy groups -OCH3 is 2. The highest BCUT2D eigenvalue weighted by molar-refractivity contribution is 7.80. The van der Waals surface area contributed by atoms with E-state index in [2.05, 4.69) is 24.4 Å². The second-order valence-corrected chi connectivity index (χ2v) is 6.63. The van der Waals surface area contributed by atoms with Crippen LogP contribution in [0.15, 0.2) is 36.4 Å². The largest absolute Gasteiger partial charge is 0.496 e. The number of β-amino-alcohol motifs (C(OH)–C–C–N with tert-alkyl or cyclic N) is 1. The van der Waals surface area contributed by atoms with Crippen molar-refractivity contribution in [1.29, 1.82) is 0 Å². The lowest BCUT2D eigenvalue weighted by atomic mass is 9.95. The Morgan fingerprint density at radius 1 is 1.15 bits per heavy atom. The third-order valence-corrected chi connectivity index (χ3v) is 5.05. The van der Waals surface area contributed by atoms with E-state index in [4.69, 9.17) is 21.7 Å². The molecule has 1 aliphatic heterocycles. The number of hydrogen-bond acceptors (Lipinski definition) is 4. The van der Waals surface area contributed by atoms with Crippen LogP contribution in [0.1, 0.15) is 29.7 Å². The van der Waals surface area contributed by atoms with E-state index in [0.717, 1.165) is 29.0 Å². The Hall–Kier alpha value is -2.31. The van der Waals surface area contributed by atoms with Gasteiger partial charge in [0.25, 0.3) is 0 Å². The Kier molecular flexibility index (Phi) is 5.64. The third-order valence-electron chi connectivity index (χ3n) is 4.69. The molecule has 2 N–H and O–H groups in total. The van der Waals surface area contributed by atoms with Crippen molar-refractivity contribution in [2.24, 2.45) is 0 Å². The van der Waals surface area contributed by atoms with Gasteiger partial charge in [-0.15, -0.1) is 0 Å². The minimum Gasteiger partial charge on any atom is -0.496 e. The number of aliphatic hydroxyl groups excluding tert-OH is 1. The number of ether oxygens (including phenoxy) is 2.